The summed E-state index contributed by atoms with van der Waals surface area (Å²) < 4.78 is 6.42. The highest BCUT2D eigenvalue weighted by Gasteiger charge is 2.27. The van der Waals surface area contributed by atoms with Crippen molar-refractivity contribution in [3.05, 3.63) is 34.6 Å². The van der Waals surface area contributed by atoms with Crippen LogP contribution in [-0.4, -0.2) is 34.0 Å². The lowest BCUT2D eigenvalue weighted by Gasteiger charge is -2.29. The fraction of sp³-hybridized carbons (Fsp3) is 0.400. The van der Waals surface area contributed by atoms with Crippen molar-refractivity contribution in [3.8, 4) is 11.4 Å². The lowest BCUT2D eigenvalue weighted by Crippen LogP contribution is -2.37. The Bertz CT molecular complexity index is 639. The standard InChI is InChI=1S/C15H16BrN3O2/c1-10(20)19-8-2-3-12(9-19)15-17-14(18-21-15)11-4-6-13(16)7-5-11/h4-7,12H,2-3,8-9H2,1H3/t12-/m0/s1. The van der Waals surface area contributed by atoms with Gasteiger partial charge in [-0.3, -0.25) is 4.79 Å². The maximum Gasteiger partial charge on any atom is 0.231 e. The monoisotopic (exact) mass is 349 g/mol. The van der Waals surface area contributed by atoms with E-state index in [2.05, 4.69) is 26.1 Å². The molecule has 0 saturated carbocycles. The van der Waals surface area contributed by atoms with E-state index in [0.29, 0.717) is 18.3 Å². The summed E-state index contributed by atoms with van der Waals surface area (Å²) >= 11 is 3.40. The minimum Gasteiger partial charge on any atom is -0.342 e. The number of nitrogens with zero attached hydrogens (tertiary/aromatic N) is 3. The van der Waals surface area contributed by atoms with Crippen LogP contribution in [0, 0.1) is 0 Å². The molecule has 1 atom stereocenters. The summed E-state index contributed by atoms with van der Waals surface area (Å²) in [4.78, 5) is 17.8. The Labute approximate surface area is 131 Å². The average Bonchev–Trinajstić information content (AvgIpc) is 2.98. The topological polar surface area (TPSA) is 59.2 Å². The number of amides is 1. The van der Waals surface area contributed by atoms with Gasteiger partial charge in [-0.15, -0.1) is 0 Å². The van der Waals surface area contributed by atoms with Crippen LogP contribution in [0.2, 0.25) is 0 Å². The van der Waals surface area contributed by atoms with Crippen molar-refractivity contribution in [2.75, 3.05) is 13.1 Å². The molecule has 1 aromatic heterocycles. The number of benzene rings is 1. The van der Waals surface area contributed by atoms with Crippen LogP contribution >= 0.6 is 15.9 Å². The van der Waals surface area contributed by atoms with Gasteiger partial charge in [-0.05, 0) is 37.1 Å². The predicted octanol–water partition coefficient (Wildman–Crippen LogP) is 3.23. The van der Waals surface area contributed by atoms with Crippen LogP contribution in [0.5, 0.6) is 0 Å². The highest BCUT2D eigenvalue weighted by molar-refractivity contribution is 9.10. The lowest BCUT2D eigenvalue weighted by molar-refractivity contribution is -0.130. The summed E-state index contributed by atoms with van der Waals surface area (Å²) in [6.45, 7) is 3.08. The van der Waals surface area contributed by atoms with Gasteiger partial charge in [-0.25, -0.2) is 0 Å². The second-order valence-electron chi connectivity index (χ2n) is 5.27. The van der Waals surface area contributed by atoms with Gasteiger partial charge in [0.2, 0.25) is 17.6 Å². The van der Waals surface area contributed by atoms with E-state index >= 15 is 0 Å². The normalized spacial score (nSPS) is 18.8. The van der Waals surface area contributed by atoms with Crippen LogP contribution in [0.25, 0.3) is 11.4 Å². The Hall–Kier alpha value is -1.69. The van der Waals surface area contributed by atoms with Crippen molar-refractivity contribution >= 4 is 21.8 Å². The largest absolute Gasteiger partial charge is 0.342 e. The van der Waals surface area contributed by atoms with E-state index in [1.807, 2.05) is 29.2 Å². The van der Waals surface area contributed by atoms with Gasteiger partial charge in [-0.1, -0.05) is 21.1 Å². The first-order valence-electron chi connectivity index (χ1n) is 6.98. The van der Waals surface area contributed by atoms with Crippen LogP contribution in [-0.2, 0) is 4.79 Å². The number of carbonyl (C=O) groups is 1. The zero-order valence-corrected chi connectivity index (χ0v) is 13.3. The third kappa shape index (κ3) is 3.15. The number of likely N-dealkylation sites (tertiary alicyclic amines) is 1. The summed E-state index contributed by atoms with van der Waals surface area (Å²) in [5, 5.41) is 4.06. The van der Waals surface area contributed by atoms with Crippen LogP contribution in [0.1, 0.15) is 31.6 Å². The fourth-order valence-electron chi connectivity index (χ4n) is 2.58. The summed E-state index contributed by atoms with van der Waals surface area (Å²) in [5.74, 6) is 1.46. The first kappa shape index (κ1) is 14.3. The number of rotatable bonds is 2. The molecule has 0 N–H and O–H groups in total. The number of aromatic nitrogens is 2. The minimum absolute atomic E-state index is 0.104. The van der Waals surface area contributed by atoms with Crippen molar-refractivity contribution in [2.24, 2.45) is 0 Å². The fourth-order valence-corrected chi connectivity index (χ4v) is 2.85. The molecule has 0 aliphatic carbocycles. The predicted molar refractivity (Wildman–Crippen MR) is 81.7 cm³/mol. The molecule has 1 saturated heterocycles. The second-order valence-corrected chi connectivity index (χ2v) is 6.18. The first-order chi connectivity index (χ1) is 10.1. The quantitative estimate of drug-likeness (QED) is 0.834. The molecule has 110 valence electrons. The van der Waals surface area contributed by atoms with Crippen molar-refractivity contribution in [3.63, 3.8) is 0 Å². The third-order valence-electron chi connectivity index (χ3n) is 3.76. The van der Waals surface area contributed by atoms with E-state index < -0.39 is 0 Å². The molecular weight excluding hydrogens is 334 g/mol. The Morgan fingerprint density at radius 1 is 1.38 bits per heavy atom. The van der Waals surface area contributed by atoms with Crippen LogP contribution in [0.15, 0.2) is 33.3 Å². The van der Waals surface area contributed by atoms with Crippen LogP contribution < -0.4 is 0 Å². The van der Waals surface area contributed by atoms with Gasteiger partial charge in [0.15, 0.2) is 0 Å². The Kier molecular flexibility index (Phi) is 4.05. The van der Waals surface area contributed by atoms with Crippen molar-refractivity contribution in [1.82, 2.24) is 15.0 Å². The van der Waals surface area contributed by atoms with Crippen LogP contribution in [0.3, 0.4) is 0 Å². The van der Waals surface area contributed by atoms with E-state index in [9.17, 15) is 4.79 Å². The SMILES string of the molecule is CC(=O)N1CCC[C@H](c2nc(-c3ccc(Br)cc3)no2)C1. The molecule has 1 fully saturated rings. The number of hydrogen-bond donors (Lipinski definition) is 0. The van der Waals surface area contributed by atoms with Gasteiger partial charge in [0, 0.05) is 30.0 Å². The van der Waals surface area contributed by atoms with Gasteiger partial charge in [-0.2, -0.15) is 4.98 Å². The second kappa shape index (κ2) is 5.97. The molecule has 1 aliphatic heterocycles. The Balaban J connectivity index is 1.78. The molecule has 1 amide bonds. The number of piperidine rings is 1. The Morgan fingerprint density at radius 2 is 2.14 bits per heavy atom. The maximum absolute atomic E-state index is 11.5. The van der Waals surface area contributed by atoms with E-state index in [4.69, 9.17) is 4.52 Å². The van der Waals surface area contributed by atoms with E-state index in [0.717, 1.165) is 29.4 Å². The third-order valence-corrected chi connectivity index (χ3v) is 4.29. The van der Waals surface area contributed by atoms with Gasteiger partial charge < -0.3 is 9.42 Å². The number of carbonyl (C=O) groups excluding carboxylic acids is 1. The number of halogens is 1. The van der Waals surface area contributed by atoms with Gasteiger partial charge in [0.1, 0.15) is 0 Å². The van der Waals surface area contributed by atoms with Gasteiger partial charge in [0.05, 0.1) is 5.92 Å². The molecule has 0 radical (unpaired) electrons. The summed E-state index contributed by atoms with van der Waals surface area (Å²) in [6, 6.07) is 7.79. The molecule has 0 spiro atoms. The van der Waals surface area contributed by atoms with E-state index in [1.165, 1.54) is 0 Å². The zero-order valence-electron chi connectivity index (χ0n) is 11.8. The van der Waals surface area contributed by atoms with E-state index in [-0.39, 0.29) is 11.8 Å². The molecule has 0 unspecified atom stereocenters. The molecule has 1 aliphatic rings. The van der Waals surface area contributed by atoms with Crippen molar-refractivity contribution in [2.45, 2.75) is 25.7 Å². The smallest absolute Gasteiger partial charge is 0.231 e. The molecule has 0 bridgehead atoms. The van der Waals surface area contributed by atoms with Gasteiger partial charge >= 0.3 is 0 Å². The molecule has 6 heteroatoms. The first-order valence-corrected chi connectivity index (χ1v) is 7.78. The van der Waals surface area contributed by atoms with Crippen LogP contribution in [0.4, 0.5) is 0 Å². The summed E-state index contributed by atoms with van der Waals surface area (Å²) in [6.07, 6.45) is 1.95. The molecule has 5 nitrogen and oxygen atoms in total. The van der Waals surface area contributed by atoms with Gasteiger partial charge in [0.25, 0.3) is 0 Å². The highest BCUT2D eigenvalue weighted by Crippen LogP contribution is 2.27. The average molecular weight is 350 g/mol. The molecule has 3 rings (SSSR count). The molecule has 1 aromatic carbocycles. The summed E-state index contributed by atoms with van der Waals surface area (Å²) in [7, 11) is 0. The lowest BCUT2D eigenvalue weighted by atomic mass is 9.98. The van der Waals surface area contributed by atoms with E-state index in [1.54, 1.807) is 6.92 Å². The molecule has 2 aromatic rings. The van der Waals surface area contributed by atoms with Crippen molar-refractivity contribution < 1.29 is 9.32 Å². The highest BCUT2D eigenvalue weighted by atomic mass is 79.9. The maximum atomic E-state index is 11.5. The minimum atomic E-state index is 0.104. The Morgan fingerprint density at radius 3 is 2.86 bits per heavy atom. The zero-order chi connectivity index (χ0) is 14.8. The molecule has 21 heavy (non-hydrogen) atoms. The number of hydrogen-bond acceptors (Lipinski definition) is 4. The van der Waals surface area contributed by atoms with Crippen molar-refractivity contribution in [1.29, 1.82) is 0 Å². The molecular formula is C15H16BrN3O2. The summed E-state index contributed by atoms with van der Waals surface area (Å²) in [5.41, 5.74) is 0.924. The molecule has 2 heterocycles.